The Morgan fingerprint density at radius 3 is 2.58 bits per heavy atom. The van der Waals surface area contributed by atoms with Crippen LogP contribution in [0.15, 0.2) is 53.5 Å². The minimum Gasteiger partial charge on any atom is -0.494 e. The zero-order chi connectivity index (χ0) is 25.3. The molecule has 0 atom stereocenters. The number of nitrogens with zero attached hydrogens (tertiary/aromatic N) is 4. The summed E-state index contributed by atoms with van der Waals surface area (Å²) in [5.41, 5.74) is 1.70. The lowest BCUT2D eigenvalue weighted by Gasteiger charge is -2.35. The Bertz CT molecular complexity index is 1340. The number of imidazole rings is 1. The molecule has 0 saturated carbocycles. The number of ether oxygens (including phenoxy) is 1. The number of fused-ring (bicyclic) bond motifs is 2. The van der Waals surface area contributed by atoms with Crippen LogP contribution >= 0.6 is 24.8 Å². The number of amides is 2. The topological polar surface area (TPSA) is 139 Å². The number of halogens is 2. The molecule has 13 heteroatoms. The van der Waals surface area contributed by atoms with Crippen molar-refractivity contribution < 1.29 is 14.6 Å². The van der Waals surface area contributed by atoms with Gasteiger partial charge in [0.2, 0.25) is 0 Å². The molecule has 0 radical (unpaired) electrons. The Balaban J connectivity index is 0.000000969. The number of aliphatic hydroxyl groups is 1. The van der Waals surface area contributed by atoms with Crippen molar-refractivity contribution in [2.75, 3.05) is 50.8 Å². The SMILES string of the molecule is CCO.Cl.Cl.O=C(NCCCOc1ccc2nc3[nH]c(=O)[nH]c3cc2c1)N1CCN(c2ccccn2)CC1. The first-order valence-corrected chi connectivity index (χ1v) is 12.0. The highest BCUT2D eigenvalue weighted by Gasteiger charge is 2.21. The van der Waals surface area contributed by atoms with E-state index < -0.39 is 0 Å². The fourth-order valence-electron chi connectivity index (χ4n) is 3.94. The predicted octanol–water partition coefficient (Wildman–Crippen LogP) is 2.94. The lowest BCUT2D eigenvalue weighted by atomic mass is 10.2. The predicted molar refractivity (Wildman–Crippen MR) is 153 cm³/mol. The molecule has 4 N–H and O–H groups in total. The molecule has 3 aromatic heterocycles. The molecule has 5 rings (SSSR count). The van der Waals surface area contributed by atoms with Gasteiger partial charge in [-0.25, -0.2) is 19.6 Å². The Morgan fingerprint density at radius 1 is 1.11 bits per heavy atom. The third-order valence-corrected chi connectivity index (χ3v) is 5.67. The summed E-state index contributed by atoms with van der Waals surface area (Å²) in [5, 5.41) is 11.4. The van der Waals surface area contributed by atoms with Crippen molar-refractivity contribution in [3.8, 4) is 5.75 Å². The number of aromatic nitrogens is 4. The smallest absolute Gasteiger partial charge is 0.325 e. The zero-order valence-electron chi connectivity index (χ0n) is 21.1. The standard InChI is InChI=1S/C23H25N7O3.C2H6O.2ClH/c31-22-27-19-15-16-14-17(5-6-18(16)26-21(19)28-22)33-13-3-8-25-23(32)30-11-9-29(10-12-30)20-4-1-2-7-24-20;1-2-3;;/h1-2,4-7,14-15H,3,8-13H2,(H,25,32)(H2,26,27,28,31);3H,2H2,1H3;2*1H. The fraction of sp³-hybridized carbons (Fsp3) is 0.360. The number of hydrogen-bond donors (Lipinski definition) is 4. The third-order valence-electron chi connectivity index (χ3n) is 5.67. The van der Waals surface area contributed by atoms with Gasteiger partial charge in [-0.05, 0) is 49.7 Å². The van der Waals surface area contributed by atoms with Crippen LogP contribution in [-0.4, -0.2) is 81.9 Å². The maximum Gasteiger partial charge on any atom is 0.325 e. The van der Waals surface area contributed by atoms with Crippen molar-refractivity contribution in [1.29, 1.82) is 0 Å². The van der Waals surface area contributed by atoms with E-state index in [0.717, 1.165) is 35.6 Å². The largest absolute Gasteiger partial charge is 0.494 e. The number of piperazine rings is 1. The number of H-pyrrole nitrogens is 2. The summed E-state index contributed by atoms with van der Waals surface area (Å²) < 4.78 is 5.84. The van der Waals surface area contributed by atoms with Gasteiger partial charge in [-0.15, -0.1) is 24.8 Å². The van der Waals surface area contributed by atoms with Crippen LogP contribution < -0.4 is 20.6 Å². The molecule has 0 bridgehead atoms. The maximum absolute atomic E-state index is 12.4. The van der Waals surface area contributed by atoms with Gasteiger partial charge in [-0.1, -0.05) is 6.07 Å². The van der Waals surface area contributed by atoms with Crippen LogP contribution in [0.4, 0.5) is 10.6 Å². The van der Waals surface area contributed by atoms with Crippen LogP contribution in [0.2, 0.25) is 0 Å². The van der Waals surface area contributed by atoms with Gasteiger partial charge in [0.25, 0.3) is 0 Å². The molecule has 206 valence electrons. The molecular formula is C25H33Cl2N7O4. The van der Waals surface area contributed by atoms with Gasteiger partial charge < -0.3 is 29.9 Å². The first kappa shape index (κ1) is 30.7. The van der Waals surface area contributed by atoms with Gasteiger partial charge in [0.05, 0.1) is 17.6 Å². The Hall–Kier alpha value is -3.54. The van der Waals surface area contributed by atoms with Gasteiger partial charge >= 0.3 is 11.7 Å². The van der Waals surface area contributed by atoms with Gasteiger partial charge in [-0.2, -0.15) is 0 Å². The highest BCUT2D eigenvalue weighted by molar-refractivity contribution is 5.90. The normalized spacial score (nSPS) is 12.7. The van der Waals surface area contributed by atoms with Crippen molar-refractivity contribution in [2.24, 2.45) is 0 Å². The number of carbonyl (C=O) groups excluding carboxylic acids is 1. The monoisotopic (exact) mass is 565 g/mol. The second-order valence-electron chi connectivity index (χ2n) is 8.23. The Morgan fingerprint density at radius 2 is 1.87 bits per heavy atom. The highest BCUT2D eigenvalue weighted by Crippen LogP contribution is 2.22. The van der Waals surface area contributed by atoms with Gasteiger partial charge in [0.15, 0.2) is 5.65 Å². The van der Waals surface area contributed by atoms with E-state index in [1.807, 2.05) is 47.4 Å². The molecule has 1 aliphatic rings. The molecule has 2 amide bonds. The number of anilines is 1. The summed E-state index contributed by atoms with van der Waals surface area (Å²) in [5.74, 6) is 1.67. The van der Waals surface area contributed by atoms with E-state index in [0.29, 0.717) is 43.8 Å². The lowest BCUT2D eigenvalue weighted by molar-refractivity contribution is 0.193. The second kappa shape index (κ2) is 15.0. The number of nitrogens with one attached hydrogen (secondary N) is 3. The van der Waals surface area contributed by atoms with E-state index >= 15 is 0 Å². The quantitative estimate of drug-likeness (QED) is 0.263. The first-order valence-electron chi connectivity index (χ1n) is 12.0. The third kappa shape index (κ3) is 7.98. The van der Waals surface area contributed by atoms with Crippen molar-refractivity contribution in [3.05, 3.63) is 59.1 Å². The number of carbonyl (C=O) groups is 1. The summed E-state index contributed by atoms with van der Waals surface area (Å²) in [6.45, 7) is 5.84. The van der Waals surface area contributed by atoms with Gasteiger partial charge in [-0.3, -0.25) is 4.98 Å². The minimum absolute atomic E-state index is 0. The van der Waals surface area contributed by atoms with E-state index in [1.54, 1.807) is 13.1 Å². The summed E-state index contributed by atoms with van der Waals surface area (Å²) in [7, 11) is 0. The number of hydrogen-bond acceptors (Lipinski definition) is 7. The van der Waals surface area contributed by atoms with Crippen LogP contribution in [0.1, 0.15) is 13.3 Å². The Kier molecular flexibility index (Phi) is 12.1. The summed E-state index contributed by atoms with van der Waals surface area (Å²) >= 11 is 0. The van der Waals surface area contributed by atoms with Crippen LogP contribution in [0, 0.1) is 0 Å². The van der Waals surface area contributed by atoms with Crippen LogP contribution in [0.5, 0.6) is 5.75 Å². The van der Waals surface area contributed by atoms with E-state index in [4.69, 9.17) is 9.84 Å². The van der Waals surface area contributed by atoms with Crippen molar-refractivity contribution in [1.82, 2.24) is 30.2 Å². The second-order valence-corrected chi connectivity index (χ2v) is 8.23. The lowest BCUT2D eigenvalue weighted by Crippen LogP contribution is -2.52. The van der Waals surface area contributed by atoms with E-state index in [1.165, 1.54) is 0 Å². The fourth-order valence-corrected chi connectivity index (χ4v) is 3.94. The number of aromatic amines is 2. The summed E-state index contributed by atoms with van der Waals surface area (Å²) in [6, 6.07) is 13.3. The minimum atomic E-state index is -0.276. The Labute approximate surface area is 232 Å². The molecule has 1 saturated heterocycles. The number of benzene rings is 1. The van der Waals surface area contributed by atoms with E-state index in [-0.39, 0.29) is 43.1 Å². The zero-order valence-corrected chi connectivity index (χ0v) is 22.7. The van der Waals surface area contributed by atoms with Crippen LogP contribution in [0.25, 0.3) is 22.1 Å². The molecule has 1 aromatic carbocycles. The van der Waals surface area contributed by atoms with Crippen molar-refractivity contribution in [2.45, 2.75) is 13.3 Å². The number of rotatable bonds is 6. The molecule has 11 nitrogen and oxygen atoms in total. The average molecular weight is 566 g/mol. The molecule has 4 aromatic rings. The van der Waals surface area contributed by atoms with Crippen LogP contribution in [-0.2, 0) is 0 Å². The number of aliphatic hydroxyl groups excluding tert-OH is 1. The molecular weight excluding hydrogens is 533 g/mol. The van der Waals surface area contributed by atoms with E-state index in [2.05, 4.69) is 30.2 Å². The molecule has 1 fully saturated rings. The molecule has 0 spiro atoms. The number of pyridine rings is 2. The number of urea groups is 1. The van der Waals surface area contributed by atoms with Crippen molar-refractivity contribution >= 4 is 58.7 Å². The average Bonchev–Trinajstić information content (AvgIpc) is 3.26. The van der Waals surface area contributed by atoms with Gasteiger partial charge in [0, 0.05) is 50.9 Å². The molecule has 38 heavy (non-hydrogen) atoms. The van der Waals surface area contributed by atoms with E-state index in [9.17, 15) is 9.59 Å². The molecule has 4 heterocycles. The molecule has 0 aliphatic carbocycles. The highest BCUT2D eigenvalue weighted by atomic mass is 35.5. The molecule has 1 aliphatic heterocycles. The van der Waals surface area contributed by atoms with Crippen molar-refractivity contribution in [3.63, 3.8) is 0 Å². The summed E-state index contributed by atoms with van der Waals surface area (Å²) in [4.78, 5) is 42.1. The first-order chi connectivity index (χ1) is 17.6. The maximum atomic E-state index is 12.4. The summed E-state index contributed by atoms with van der Waals surface area (Å²) in [6.07, 6.45) is 2.48. The van der Waals surface area contributed by atoms with Gasteiger partial charge in [0.1, 0.15) is 11.6 Å². The van der Waals surface area contributed by atoms with Crippen LogP contribution in [0.3, 0.4) is 0 Å². The molecule has 0 unspecified atom stereocenters.